The highest BCUT2D eigenvalue weighted by molar-refractivity contribution is 7.15. The van der Waals surface area contributed by atoms with Gasteiger partial charge in [-0.25, -0.2) is 9.78 Å². The molecule has 0 unspecified atom stereocenters. The highest BCUT2D eigenvalue weighted by Crippen LogP contribution is 2.35. The molecule has 100 valence electrons. The SMILES string of the molecule is CCOC(=O)c1nc(-c2cc(Cl)ccc2O)sc1C. The summed E-state index contributed by atoms with van der Waals surface area (Å²) in [5.41, 5.74) is 0.789. The summed E-state index contributed by atoms with van der Waals surface area (Å²) in [4.78, 5) is 16.7. The normalized spacial score (nSPS) is 10.5. The van der Waals surface area contributed by atoms with Gasteiger partial charge in [0.2, 0.25) is 0 Å². The van der Waals surface area contributed by atoms with Crippen LogP contribution in [0.25, 0.3) is 10.6 Å². The summed E-state index contributed by atoms with van der Waals surface area (Å²) in [6.07, 6.45) is 0. The average molecular weight is 298 g/mol. The van der Waals surface area contributed by atoms with E-state index in [1.54, 1.807) is 26.0 Å². The summed E-state index contributed by atoms with van der Waals surface area (Å²) in [5, 5.41) is 10.9. The van der Waals surface area contributed by atoms with E-state index in [1.165, 1.54) is 17.4 Å². The van der Waals surface area contributed by atoms with Crippen LogP contribution in [0.5, 0.6) is 5.75 Å². The Morgan fingerprint density at radius 2 is 2.26 bits per heavy atom. The van der Waals surface area contributed by atoms with Gasteiger partial charge in [0, 0.05) is 9.90 Å². The van der Waals surface area contributed by atoms with Gasteiger partial charge >= 0.3 is 5.97 Å². The summed E-state index contributed by atoms with van der Waals surface area (Å²) in [6.45, 7) is 3.83. The number of ether oxygens (including phenoxy) is 1. The van der Waals surface area contributed by atoms with Gasteiger partial charge in [-0.15, -0.1) is 11.3 Å². The van der Waals surface area contributed by atoms with E-state index in [0.29, 0.717) is 22.2 Å². The van der Waals surface area contributed by atoms with E-state index in [0.717, 1.165) is 4.88 Å². The number of nitrogens with zero attached hydrogens (tertiary/aromatic N) is 1. The van der Waals surface area contributed by atoms with Gasteiger partial charge in [0.15, 0.2) is 5.69 Å². The Bertz CT molecular complexity index is 624. The molecule has 4 nitrogen and oxygen atoms in total. The van der Waals surface area contributed by atoms with Crippen LogP contribution in [0.4, 0.5) is 0 Å². The lowest BCUT2D eigenvalue weighted by Crippen LogP contribution is -2.06. The third kappa shape index (κ3) is 2.88. The smallest absolute Gasteiger partial charge is 0.358 e. The maximum absolute atomic E-state index is 11.7. The number of phenols is 1. The van der Waals surface area contributed by atoms with Crippen molar-refractivity contribution >= 4 is 28.9 Å². The molecule has 0 aliphatic rings. The lowest BCUT2D eigenvalue weighted by Gasteiger charge is -2.01. The van der Waals surface area contributed by atoms with Crippen molar-refractivity contribution in [2.24, 2.45) is 0 Å². The van der Waals surface area contributed by atoms with Gasteiger partial charge in [0.25, 0.3) is 0 Å². The van der Waals surface area contributed by atoms with Crippen molar-refractivity contribution in [1.82, 2.24) is 4.98 Å². The molecule has 0 radical (unpaired) electrons. The molecule has 1 N–H and O–H groups in total. The van der Waals surface area contributed by atoms with Crippen LogP contribution in [-0.4, -0.2) is 22.7 Å². The third-order valence-electron chi connectivity index (χ3n) is 2.45. The van der Waals surface area contributed by atoms with Crippen LogP contribution >= 0.6 is 22.9 Å². The molecule has 1 aromatic heterocycles. The molecule has 1 aromatic carbocycles. The second-order valence-electron chi connectivity index (χ2n) is 3.81. The van der Waals surface area contributed by atoms with Crippen LogP contribution in [0.2, 0.25) is 5.02 Å². The zero-order valence-electron chi connectivity index (χ0n) is 10.4. The van der Waals surface area contributed by atoms with Crippen molar-refractivity contribution in [3.8, 4) is 16.3 Å². The molecule has 1 heterocycles. The van der Waals surface area contributed by atoms with E-state index in [1.807, 2.05) is 0 Å². The summed E-state index contributed by atoms with van der Waals surface area (Å²) < 4.78 is 4.93. The van der Waals surface area contributed by atoms with E-state index >= 15 is 0 Å². The Morgan fingerprint density at radius 1 is 1.53 bits per heavy atom. The van der Waals surface area contributed by atoms with Crippen molar-refractivity contribution in [1.29, 1.82) is 0 Å². The maximum Gasteiger partial charge on any atom is 0.358 e. The number of aromatic hydroxyl groups is 1. The minimum absolute atomic E-state index is 0.0774. The van der Waals surface area contributed by atoms with Crippen molar-refractivity contribution in [3.05, 3.63) is 33.8 Å². The van der Waals surface area contributed by atoms with E-state index < -0.39 is 5.97 Å². The number of benzene rings is 1. The fourth-order valence-corrected chi connectivity index (χ4v) is 2.68. The monoisotopic (exact) mass is 297 g/mol. The van der Waals surface area contributed by atoms with Gasteiger partial charge < -0.3 is 9.84 Å². The molecule has 0 fully saturated rings. The Balaban J connectivity index is 2.44. The third-order valence-corrected chi connectivity index (χ3v) is 3.69. The molecule has 2 rings (SSSR count). The first-order valence-electron chi connectivity index (χ1n) is 5.66. The molecule has 0 aliphatic carbocycles. The number of carbonyl (C=O) groups excluding carboxylic acids is 1. The van der Waals surface area contributed by atoms with Crippen molar-refractivity contribution in [3.63, 3.8) is 0 Å². The molecule has 0 saturated heterocycles. The number of rotatable bonds is 3. The minimum atomic E-state index is -0.455. The van der Waals surface area contributed by atoms with E-state index in [2.05, 4.69) is 4.98 Å². The summed E-state index contributed by atoms with van der Waals surface area (Å²) in [7, 11) is 0. The van der Waals surface area contributed by atoms with Crippen molar-refractivity contribution in [2.75, 3.05) is 6.61 Å². The molecule has 0 amide bonds. The van der Waals surface area contributed by atoms with Gasteiger partial charge in [0.1, 0.15) is 10.8 Å². The maximum atomic E-state index is 11.7. The number of esters is 1. The number of halogens is 1. The number of aromatic nitrogens is 1. The molecule has 0 bridgehead atoms. The van der Waals surface area contributed by atoms with Gasteiger partial charge in [-0.3, -0.25) is 0 Å². The Labute approximate surface area is 119 Å². The van der Waals surface area contributed by atoms with Gasteiger partial charge in [-0.05, 0) is 32.0 Å². The summed E-state index contributed by atoms with van der Waals surface area (Å²) >= 11 is 7.21. The quantitative estimate of drug-likeness (QED) is 0.878. The summed E-state index contributed by atoms with van der Waals surface area (Å²) in [5.74, 6) is -0.377. The first-order chi connectivity index (χ1) is 9.02. The number of aryl methyl sites for hydroxylation is 1. The highest BCUT2D eigenvalue weighted by Gasteiger charge is 2.18. The summed E-state index contributed by atoms with van der Waals surface area (Å²) in [6, 6.07) is 4.70. The largest absolute Gasteiger partial charge is 0.507 e. The van der Waals surface area contributed by atoms with E-state index in [-0.39, 0.29) is 11.4 Å². The Morgan fingerprint density at radius 3 is 2.95 bits per heavy atom. The standard InChI is InChI=1S/C13H12ClNO3S/c1-3-18-13(17)11-7(2)19-12(15-11)9-6-8(14)4-5-10(9)16/h4-6,16H,3H2,1-2H3. The molecule has 0 spiro atoms. The first-order valence-corrected chi connectivity index (χ1v) is 6.85. The van der Waals surface area contributed by atoms with Crippen molar-refractivity contribution < 1.29 is 14.6 Å². The number of carbonyl (C=O) groups is 1. The topological polar surface area (TPSA) is 59.4 Å². The van der Waals surface area contributed by atoms with Crippen LogP contribution in [0.15, 0.2) is 18.2 Å². The molecule has 0 aliphatic heterocycles. The number of phenolic OH excluding ortho intramolecular Hbond substituents is 1. The number of hydrogen-bond donors (Lipinski definition) is 1. The van der Waals surface area contributed by atoms with Crippen molar-refractivity contribution in [2.45, 2.75) is 13.8 Å². The zero-order valence-corrected chi connectivity index (χ0v) is 12.0. The average Bonchev–Trinajstić information content (AvgIpc) is 2.74. The van der Waals surface area contributed by atoms with E-state index in [9.17, 15) is 9.90 Å². The number of thiazole rings is 1. The van der Waals surface area contributed by atoms with Crippen LogP contribution in [-0.2, 0) is 4.74 Å². The lowest BCUT2D eigenvalue weighted by atomic mass is 10.2. The molecule has 0 saturated carbocycles. The molecular formula is C13H12ClNO3S. The molecular weight excluding hydrogens is 286 g/mol. The van der Waals surface area contributed by atoms with Crippen LogP contribution in [0.1, 0.15) is 22.3 Å². The zero-order chi connectivity index (χ0) is 14.0. The minimum Gasteiger partial charge on any atom is -0.507 e. The van der Waals surface area contributed by atoms with Gasteiger partial charge in [-0.2, -0.15) is 0 Å². The highest BCUT2D eigenvalue weighted by atomic mass is 35.5. The van der Waals surface area contributed by atoms with E-state index in [4.69, 9.17) is 16.3 Å². The predicted molar refractivity (Wildman–Crippen MR) is 74.9 cm³/mol. The van der Waals surface area contributed by atoms with Crippen LogP contribution < -0.4 is 0 Å². The first kappa shape index (κ1) is 13.8. The van der Waals surface area contributed by atoms with Gasteiger partial charge in [0.05, 0.1) is 12.2 Å². The fraction of sp³-hybridized carbons (Fsp3) is 0.231. The molecule has 0 atom stereocenters. The lowest BCUT2D eigenvalue weighted by molar-refractivity contribution is 0.0519. The number of hydrogen-bond acceptors (Lipinski definition) is 5. The second kappa shape index (κ2) is 5.59. The molecule has 19 heavy (non-hydrogen) atoms. The molecule has 6 heteroatoms. The van der Waals surface area contributed by atoms with Crippen LogP contribution in [0.3, 0.4) is 0 Å². The Kier molecular flexibility index (Phi) is 4.07. The fourth-order valence-electron chi connectivity index (χ4n) is 1.58. The second-order valence-corrected chi connectivity index (χ2v) is 5.45. The predicted octanol–water partition coefficient (Wildman–Crippen LogP) is 3.65. The van der Waals surface area contributed by atoms with Gasteiger partial charge in [-0.1, -0.05) is 11.6 Å². The molecule has 2 aromatic rings. The Hall–Kier alpha value is -1.59. The van der Waals surface area contributed by atoms with Crippen LogP contribution in [0, 0.1) is 6.92 Å².